The summed E-state index contributed by atoms with van der Waals surface area (Å²) in [6.07, 6.45) is 4.73. The molecule has 4 heteroatoms. The van der Waals surface area contributed by atoms with E-state index < -0.39 is 11.6 Å². The van der Waals surface area contributed by atoms with Gasteiger partial charge in [0, 0.05) is 19.0 Å². The minimum Gasteiger partial charge on any atom is -0.481 e. The first kappa shape index (κ1) is 12.5. The van der Waals surface area contributed by atoms with Gasteiger partial charge in [0.25, 0.3) is 0 Å². The number of carboxylic acid groups (broad SMARTS) is 1. The molecule has 0 aromatic heterocycles. The highest BCUT2D eigenvalue weighted by Crippen LogP contribution is 2.28. The quantitative estimate of drug-likeness (QED) is 0.621. The third kappa shape index (κ3) is 4.62. The number of hydrogen-bond donors (Lipinski definition) is 3. The number of rotatable bonds is 6. The fourth-order valence-electron chi connectivity index (χ4n) is 2.02. The summed E-state index contributed by atoms with van der Waals surface area (Å²) in [4.78, 5) is 10.4. The Kier molecular flexibility index (Phi) is 4.54. The number of hydrogen-bond acceptors (Lipinski definition) is 3. The molecule has 0 aliphatic heterocycles. The highest BCUT2D eigenvalue weighted by molar-refractivity contribution is 5.66. The van der Waals surface area contributed by atoms with E-state index in [-0.39, 0.29) is 12.5 Å². The molecule has 1 rings (SSSR count). The summed E-state index contributed by atoms with van der Waals surface area (Å²) < 4.78 is 0. The second-order valence-electron chi connectivity index (χ2n) is 4.65. The van der Waals surface area contributed by atoms with E-state index in [4.69, 9.17) is 5.11 Å². The van der Waals surface area contributed by atoms with Crippen molar-refractivity contribution in [1.29, 1.82) is 0 Å². The average molecular weight is 215 g/mol. The SMILES string of the molecule is CC(CCC(=O)O)NCC1(O)CCCC1. The lowest BCUT2D eigenvalue weighted by Crippen LogP contribution is -2.41. The van der Waals surface area contributed by atoms with E-state index >= 15 is 0 Å². The van der Waals surface area contributed by atoms with E-state index in [1.807, 2.05) is 6.92 Å². The zero-order valence-electron chi connectivity index (χ0n) is 9.33. The van der Waals surface area contributed by atoms with Crippen molar-refractivity contribution in [1.82, 2.24) is 5.32 Å². The Balaban J connectivity index is 2.15. The average Bonchev–Trinajstić information content (AvgIpc) is 2.60. The summed E-state index contributed by atoms with van der Waals surface area (Å²) in [6, 6.07) is 0.158. The van der Waals surface area contributed by atoms with Gasteiger partial charge in [0.2, 0.25) is 0 Å². The minimum atomic E-state index is -0.761. The topological polar surface area (TPSA) is 69.6 Å². The van der Waals surface area contributed by atoms with Crippen molar-refractivity contribution in [2.45, 2.75) is 57.1 Å². The highest BCUT2D eigenvalue weighted by Gasteiger charge is 2.30. The van der Waals surface area contributed by atoms with Gasteiger partial charge in [0.05, 0.1) is 5.60 Å². The van der Waals surface area contributed by atoms with Crippen LogP contribution < -0.4 is 5.32 Å². The molecular weight excluding hydrogens is 194 g/mol. The lowest BCUT2D eigenvalue weighted by Gasteiger charge is -2.25. The molecule has 1 aliphatic rings. The first-order valence-corrected chi connectivity index (χ1v) is 5.69. The molecule has 0 aromatic carbocycles. The zero-order valence-corrected chi connectivity index (χ0v) is 9.33. The lowest BCUT2D eigenvalue weighted by molar-refractivity contribution is -0.137. The Morgan fingerprint density at radius 1 is 1.47 bits per heavy atom. The maximum Gasteiger partial charge on any atom is 0.303 e. The maximum absolute atomic E-state index is 10.4. The second-order valence-corrected chi connectivity index (χ2v) is 4.65. The molecule has 1 atom stereocenters. The van der Waals surface area contributed by atoms with Crippen molar-refractivity contribution < 1.29 is 15.0 Å². The van der Waals surface area contributed by atoms with Gasteiger partial charge in [0.15, 0.2) is 0 Å². The van der Waals surface area contributed by atoms with Crippen molar-refractivity contribution in [3.05, 3.63) is 0 Å². The summed E-state index contributed by atoms with van der Waals surface area (Å²) in [5.41, 5.74) is -0.544. The van der Waals surface area contributed by atoms with E-state index in [0.29, 0.717) is 13.0 Å². The molecular formula is C11H21NO3. The number of carboxylic acids is 1. The molecule has 88 valence electrons. The van der Waals surface area contributed by atoms with Gasteiger partial charge in [-0.2, -0.15) is 0 Å². The summed E-state index contributed by atoms with van der Waals surface area (Å²) in [6.45, 7) is 2.55. The van der Waals surface area contributed by atoms with E-state index in [2.05, 4.69) is 5.32 Å². The van der Waals surface area contributed by atoms with Crippen LogP contribution in [0, 0.1) is 0 Å². The number of nitrogens with one attached hydrogen (secondary N) is 1. The van der Waals surface area contributed by atoms with Crippen LogP contribution in [0.4, 0.5) is 0 Å². The van der Waals surface area contributed by atoms with Crippen LogP contribution in [-0.2, 0) is 4.79 Å². The largest absolute Gasteiger partial charge is 0.481 e. The first-order valence-electron chi connectivity index (χ1n) is 5.69. The monoisotopic (exact) mass is 215 g/mol. The number of carbonyl (C=O) groups is 1. The van der Waals surface area contributed by atoms with Crippen LogP contribution in [0.15, 0.2) is 0 Å². The predicted molar refractivity (Wildman–Crippen MR) is 57.8 cm³/mol. The van der Waals surface area contributed by atoms with Crippen LogP contribution in [0.1, 0.15) is 45.4 Å². The van der Waals surface area contributed by atoms with Crippen molar-refractivity contribution >= 4 is 5.97 Å². The molecule has 15 heavy (non-hydrogen) atoms. The molecule has 1 fully saturated rings. The standard InChI is InChI=1S/C11H21NO3/c1-9(4-5-10(13)14)12-8-11(15)6-2-3-7-11/h9,12,15H,2-8H2,1H3,(H,13,14). The highest BCUT2D eigenvalue weighted by atomic mass is 16.4. The Hall–Kier alpha value is -0.610. The molecule has 0 bridgehead atoms. The zero-order chi connectivity index (χ0) is 11.3. The molecule has 4 nitrogen and oxygen atoms in total. The third-order valence-electron chi connectivity index (χ3n) is 3.11. The van der Waals surface area contributed by atoms with Crippen LogP contribution >= 0.6 is 0 Å². The van der Waals surface area contributed by atoms with Gasteiger partial charge in [-0.15, -0.1) is 0 Å². The van der Waals surface area contributed by atoms with E-state index in [9.17, 15) is 9.90 Å². The van der Waals surface area contributed by atoms with E-state index in [1.165, 1.54) is 0 Å². The normalized spacial score (nSPS) is 21.5. The van der Waals surface area contributed by atoms with Crippen LogP contribution in [-0.4, -0.2) is 34.4 Å². The fraction of sp³-hybridized carbons (Fsp3) is 0.909. The number of aliphatic hydroxyl groups is 1. The van der Waals surface area contributed by atoms with Crippen LogP contribution in [0.2, 0.25) is 0 Å². The number of aliphatic carboxylic acids is 1. The van der Waals surface area contributed by atoms with Crippen LogP contribution in [0.25, 0.3) is 0 Å². The van der Waals surface area contributed by atoms with E-state index in [0.717, 1.165) is 25.7 Å². The molecule has 0 aromatic rings. The third-order valence-corrected chi connectivity index (χ3v) is 3.11. The molecule has 0 heterocycles. The minimum absolute atomic E-state index is 0.158. The Labute approximate surface area is 90.7 Å². The predicted octanol–water partition coefficient (Wildman–Crippen LogP) is 1.13. The molecule has 1 unspecified atom stereocenters. The molecule has 0 radical (unpaired) electrons. The van der Waals surface area contributed by atoms with Crippen molar-refractivity contribution in [2.24, 2.45) is 0 Å². The second kappa shape index (κ2) is 5.47. The van der Waals surface area contributed by atoms with Gasteiger partial charge in [-0.1, -0.05) is 12.8 Å². The van der Waals surface area contributed by atoms with Gasteiger partial charge in [-0.25, -0.2) is 0 Å². The van der Waals surface area contributed by atoms with Gasteiger partial charge >= 0.3 is 5.97 Å². The van der Waals surface area contributed by atoms with Gasteiger partial charge in [-0.05, 0) is 26.2 Å². The summed E-state index contributed by atoms with van der Waals surface area (Å²) >= 11 is 0. The lowest BCUT2D eigenvalue weighted by atomic mass is 10.0. The van der Waals surface area contributed by atoms with Crippen molar-refractivity contribution in [3.8, 4) is 0 Å². The van der Waals surface area contributed by atoms with Gasteiger partial charge in [-0.3, -0.25) is 4.79 Å². The summed E-state index contributed by atoms with van der Waals surface area (Å²) in [5, 5.41) is 21.8. The van der Waals surface area contributed by atoms with Crippen LogP contribution in [0.5, 0.6) is 0 Å². The molecule has 3 N–H and O–H groups in total. The molecule has 0 spiro atoms. The van der Waals surface area contributed by atoms with Crippen molar-refractivity contribution in [2.75, 3.05) is 6.54 Å². The molecule has 0 amide bonds. The summed E-state index contributed by atoms with van der Waals surface area (Å²) in [5.74, 6) is -0.761. The van der Waals surface area contributed by atoms with Crippen LogP contribution in [0.3, 0.4) is 0 Å². The Morgan fingerprint density at radius 3 is 2.60 bits per heavy atom. The van der Waals surface area contributed by atoms with Gasteiger partial charge in [0.1, 0.15) is 0 Å². The molecule has 1 aliphatic carbocycles. The molecule has 0 saturated heterocycles. The van der Waals surface area contributed by atoms with Gasteiger partial charge < -0.3 is 15.5 Å². The van der Waals surface area contributed by atoms with E-state index in [1.54, 1.807) is 0 Å². The van der Waals surface area contributed by atoms with Crippen molar-refractivity contribution in [3.63, 3.8) is 0 Å². The Morgan fingerprint density at radius 2 is 2.07 bits per heavy atom. The molecule has 1 saturated carbocycles. The first-order chi connectivity index (χ1) is 7.02. The smallest absolute Gasteiger partial charge is 0.303 e. The Bertz CT molecular complexity index is 212. The summed E-state index contributed by atoms with van der Waals surface area (Å²) in [7, 11) is 0. The maximum atomic E-state index is 10.4. The fourth-order valence-corrected chi connectivity index (χ4v) is 2.02.